The smallest absolute Gasteiger partial charge is 0.356 e. The van der Waals surface area contributed by atoms with Crippen LogP contribution in [0, 0.1) is 0 Å². The lowest BCUT2D eigenvalue weighted by Crippen LogP contribution is -2.09. The molecule has 1 aromatic carbocycles. The number of ether oxygens (including phenoxy) is 2. The Morgan fingerprint density at radius 3 is 2.95 bits per heavy atom. The molecule has 0 bridgehead atoms. The third kappa shape index (κ3) is 3.32. The highest BCUT2D eigenvalue weighted by atomic mass is 16.5. The van der Waals surface area contributed by atoms with Gasteiger partial charge in [-0.3, -0.25) is 0 Å². The predicted molar refractivity (Wildman–Crippen MR) is 77.1 cm³/mol. The number of nitrogens with one attached hydrogen (secondary N) is 2. The van der Waals surface area contributed by atoms with Gasteiger partial charge in [-0.2, -0.15) is 0 Å². The van der Waals surface area contributed by atoms with Crippen molar-refractivity contribution >= 4 is 11.7 Å². The third-order valence-corrected chi connectivity index (χ3v) is 2.84. The lowest BCUT2D eigenvalue weighted by molar-refractivity contribution is 0.0521. The maximum atomic E-state index is 11.7. The number of hydrogen-bond donors (Lipinski definition) is 2. The van der Waals surface area contributed by atoms with Crippen LogP contribution in [-0.4, -0.2) is 24.7 Å². The van der Waals surface area contributed by atoms with Gasteiger partial charge < -0.3 is 19.8 Å². The van der Waals surface area contributed by atoms with E-state index in [-0.39, 0.29) is 5.97 Å². The highest BCUT2D eigenvalue weighted by molar-refractivity contribution is 5.93. The molecule has 1 aromatic heterocycles. The molecule has 20 heavy (non-hydrogen) atoms. The van der Waals surface area contributed by atoms with Crippen LogP contribution >= 0.6 is 0 Å². The van der Waals surface area contributed by atoms with Crippen LogP contribution in [0.5, 0.6) is 5.75 Å². The summed E-state index contributed by atoms with van der Waals surface area (Å²) >= 11 is 0. The van der Waals surface area contributed by atoms with Gasteiger partial charge in [0.1, 0.15) is 11.4 Å². The molecule has 0 aliphatic rings. The van der Waals surface area contributed by atoms with Gasteiger partial charge in [0.05, 0.1) is 19.4 Å². The van der Waals surface area contributed by atoms with Gasteiger partial charge in [-0.25, -0.2) is 4.79 Å². The number of methoxy groups -OCH3 is 1. The van der Waals surface area contributed by atoms with Gasteiger partial charge in [-0.05, 0) is 30.7 Å². The molecule has 2 aromatic rings. The Morgan fingerprint density at radius 1 is 1.35 bits per heavy atom. The quantitative estimate of drug-likeness (QED) is 0.795. The van der Waals surface area contributed by atoms with Crippen LogP contribution in [0.1, 0.15) is 23.0 Å². The van der Waals surface area contributed by atoms with Crippen LogP contribution in [0.15, 0.2) is 36.5 Å². The van der Waals surface area contributed by atoms with E-state index in [0.717, 1.165) is 17.0 Å². The monoisotopic (exact) mass is 274 g/mol. The van der Waals surface area contributed by atoms with E-state index in [1.54, 1.807) is 20.2 Å². The van der Waals surface area contributed by atoms with Crippen molar-refractivity contribution in [2.75, 3.05) is 19.0 Å². The highest BCUT2D eigenvalue weighted by Crippen LogP contribution is 2.18. The topological polar surface area (TPSA) is 63.4 Å². The lowest BCUT2D eigenvalue weighted by atomic mass is 10.2. The van der Waals surface area contributed by atoms with E-state index in [1.165, 1.54) is 0 Å². The second-order valence-corrected chi connectivity index (χ2v) is 4.19. The Morgan fingerprint density at radius 2 is 2.20 bits per heavy atom. The van der Waals surface area contributed by atoms with E-state index in [2.05, 4.69) is 10.3 Å². The van der Waals surface area contributed by atoms with E-state index in [9.17, 15) is 4.79 Å². The van der Waals surface area contributed by atoms with Crippen LogP contribution in [0.25, 0.3) is 0 Å². The molecule has 0 radical (unpaired) electrons. The van der Waals surface area contributed by atoms with Gasteiger partial charge in [0.2, 0.25) is 0 Å². The molecular weight excluding hydrogens is 256 g/mol. The number of carbonyl (C=O) groups is 1. The number of esters is 1. The van der Waals surface area contributed by atoms with Gasteiger partial charge >= 0.3 is 5.97 Å². The molecule has 5 nitrogen and oxygen atoms in total. The average Bonchev–Trinajstić information content (AvgIpc) is 2.94. The number of carbonyl (C=O) groups excluding carboxylic acids is 1. The van der Waals surface area contributed by atoms with Gasteiger partial charge in [0, 0.05) is 12.7 Å². The summed E-state index contributed by atoms with van der Waals surface area (Å²) in [4.78, 5) is 14.6. The fourth-order valence-corrected chi connectivity index (χ4v) is 1.87. The number of anilines is 1. The van der Waals surface area contributed by atoms with E-state index in [1.807, 2.05) is 30.3 Å². The van der Waals surface area contributed by atoms with Crippen LogP contribution in [0.2, 0.25) is 0 Å². The molecule has 0 aliphatic carbocycles. The molecule has 0 spiro atoms. The molecule has 0 saturated carbocycles. The van der Waals surface area contributed by atoms with Crippen molar-refractivity contribution in [1.29, 1.82) is 0 Å². The Labute approximate surface area is 117 Å². The largest absolute Gasteiger partial charge is 0.497 e. The van der Waals surface area contributed by atoms with E-state index < -0.39 is 0 Å². The van der Waals surface area contributed by atoms with Crippen LogP contribution < -0.4 is 10.1 Å². The van der Waals surface area contributed by atoms with Crippen LogP contribution in [0.3, 0.4) is 0 Å². The summed E-state index contributed by atoms with van der Waals surface area (Å²) in [6, 6.07) is 9.57. The Hall–Kier alpha value is -2.43. The molecule has 2 N–H and O–H groups in total. The summed E-state index contributed by atoms with van der Waals surface area (Å²) in [7, 11) is 1.64. The first kappa shape index (κ1) is 14.0. The van der Waals surface area contributed by atoms with Crippen LogP contribution in [0.4, 0.5) is 5.69 Å². The summed E-state index contributed by atoms with van der Waals surface area (Å²) in [5, 5.41) is 3.21. The molecule has 0 fully saturated rings. The molecule has 0 atom stereocenters. The molecule has 0 saturated heterocycles. The molecular formula is C15H18N2O3. The van der Waals surface area contributed by atoms with Crippen molar-refractivity contribution < 1.29 is 14.3 Å². The summed E-state index contributed by atoms with van der Waals surface area (Å²) in [5.41, 5.74) is 2.24. The van der Waals surface area contributed by atoms with E-state index in [4.69, 9.17) is 9.47 Å². The van der Waals surface area contributed by atoms with Gasteiger partial charge in [-0.15, -0.1) is 0 Å². The zero-order valence-corrected chi connectivity index (χ0v) is 11.6. The van der Waals surface area contributed by atoms with Crippen molar-refractivity contribution in [3.05, 3.63) is 47.8 Å². The Kier molecular flexibility index (Phi) is 4.65. The fourth-order valence-electron chi connectivity index (χ4n) is 1.87. The van der Waals surface area contributed by atoms with Gasteiger partial charge in [0.25, 0.3) is 0 Å². The van der Waals surface area contributed by atoms with Crippen molar-refractivity contribution in [3.63, 3.8) is 0 Å². The summed E-state index contributed by atoms with van der Waals surface area (Å²) in [6.45, 7) is 2.73. The number of aromatic nitrogens is 1. The first-order valence-electron chi connectivity index (χ1n) is 6.46. The van der Waals surface area contributed by atoms with Crippen molar-refractivity contribution in [3.8, 4) is 5.75 Å². The van der Waals surface area contributed by atoms with Gasteiger partial charge in [-0.1, -0.05) is 12.1 Å². The maximum Gasteiger partial charge on any atom is 0.356 e. The first-order chi connectivity index (χ1) is 9.74. The minimum absolute atomic E-state index is 0.354. The standard InChI is InChI=1S/C15H18N2O3/c1-3-20-15(18)14-13(7-8-16-14)17-10-11-5-4-6-12(9-11)19-2/h4-9,16-17H,3,10H2,1-2H3. The molecule has 0 aliphatic heterocycles. The second kappa shape index (κ2) is 6.65. The summed E-state index contributed by atoms with van der Waals surface area (Å²) < 4.78 is 10.2. The van der Waals surface area contributed by atoms with Crippen molar-refractivity contribution in [2.45, 2.75) is 13.5 Å². The summed E-state index contributed by atoms with van der Waals surface area (Å²) in [5.74, 6) is 0.453. The van der Waals surface area contributed by atoms with Crippen LogP contribution in [-0.2, 0) is 11.3 Å². The normalized spacial score (nSPS) is 10.1. The number of H-pyrrole nitrogens is 1. The molecule has 106 valence electrons. The summed E-state index contributed by atoms with van der Waals surface area (Å²) in [6.07, 6.45) is 1.71. The minimum atomic E-state index is -0.356. The molecule has 0 amide bonds. The number of hydrogen-bond acceptors (Lipinski definition) is 4. The molecule has 2 rings (SSSR count). The van der Waals surface area contributed by atoms with Crippen molar-refractivity contribution in [1.82, 2.24) is 4.98 Å². The third-order valence-electron chi connectivity index (χ3n) is 2.84. The minimum Gasteiger partial charge on any atom is -0.497 e. The second-order valence-electron chi connectivity index (χ2n) is 4.19. The molecule has 0 unspecified atom stereocenters. The number of benzene rings is 1. The average molecular weight is 274 g/mol. The molecule has 1 heterocycles. The zero-order valence-electron chi connectivity index (χ0n) is 11.6. The zero-order chi connectivity index (χ0) is 14.4. The fraction of sp³-hybridized carbons (Fsp3) is 0.267. The SMILES string of the molecule is CCOC(=O)c1[nH]ccc1NCc1cccc(OC)c1. The maximum absolute atomic E-state index is 11.7. The first-order valence-corrected chi connectivity index (χ1v) is 6.46. The van der Waals surface area contributed by atoms with Crippen molar-refractivity contribution in [2.24, 2.45) is 0 Å². The van der Waals surface area contributed by atoms with E-state index >= 15 is 0 Å². The highest BCUT2D eigenvalue weighted by Gasteiger charge is 2.13. The number of rotatable bonds is 6. The Bertz CT molecular complexity index is 578. The number of aromatic amines is 1. The lowest BCUT2D eigenvalue weighted by Gasteiger charge is -2.08. The van der Waals surface area contributed by atoms with Gasteiger partial charge in [0.15, 0.2) is 0 Å². The molecule has 5 heteroatoms. The van der Waals surface area contributed by atoms with E-state index in [0.29, 0.717) is 18.8 Å². The predicted octanol–water partition coefficient (Wildman–Crippen LogP) is 2.81. The Balaban J connectivity index is 2.04.